The first-order valence-electron chi connectivity index (χ1n) is 9.28. The van der Waals surface area contributed by atoms with Gasteiger partial charge in [0.1, 0.15) is 0 Å². The number of carbonyl (C=O) groups is 1. The van der Waals surface area contributed by atoms with Crippen LogP contribution in [0.1, 0.15) is 42.7 Å². The van der Waals surface area contributed by atoms with Crippen LogP contribution in [0.3, 0.4) is 0 Å². The van der Waals surface area contributed by atoms with Gasteiger partial charge in [0, 0.05) is 12.3 Å². The molecule has 0 unspecified atom stereocenters. The van der Waals surface area contributed by atoms with E-state index < -0.39 is 5.97 Å². The SMILES string of the molecule is O=C(O)CCCN1CCC(C(c2ccccc2)c2ccccc2)CC1. The molecule has 0 aliphatic carbocycles. The maximum absolute atomic E-state index is 10.7. The number of rotatable bonds is 7. The Labute approximate surface area is 150 Å². The van der Waals surface area contributed by atoms with Crippen molar-refractivity contribution in [2.75, 3.05) is 19.6 Å². The Morgan fingerprint density at radius 3 is 1.96 bits per heavy atom. The summed E-state index contributed by atoms with van der Waals surface area (Å²) in [5.74, 6) is 0.396. The Morgan fingerprint density at radius 1 is 0.960 bits per heavy atom. The Morgan fingerprint density at radius 2 is 1.48 bits per heavy atom. The van der Waals surface area contributed by atoms with Crippen LogP contribution in [-0.2, 0) is 4.79 Å². The third-order valence-electron chi connectivity index (χ3n) is 5.29. The van der Waals surface area contributed by atoms with Crippen molar-refractivity contribution in [1.82, 2.24) is 4.90 Å². The van der Waals surface area contributed by atoms with Crippen molar-refractivity contribution in [2.24, 2.45) is 5.92 Å². The van der Waals surface area contributed by atoms with Gasteiger partial charge >= 0.3 is 5.97 Å². The monoisotopic (exact) mass is 337 g/mol. The predicted octanol–water partition coefficient (Wildman–Crippen LogP) is 4.40. The van der Waals surface area contributed by atoms with Gasteiger partial charge in [-0.05, 0) is 55.9 Å². The molecule has 0 aromatic heterocycles. The fraction of sp³-hybridized carbons (Fsp3) is 0.409. The maximum atomic E-state index is 10.7. The highest BCUT2D eigenvalue weighted by Crippen LogP contribution is 2.37. The predicted molar refractivity (Wildman–Crippen MR) is 101 cm³/mol. The van der Waals surface area contributed by atoms with Gasteiger partial charge in [-0.3, -0.25) is 4.79 Å². The molecule has 3 rings (SSSR count). The van der Waals surface area contributed by atoms with Gasteiger partial charge in [-0.2, -0.15) is 0 Å². The van der Waals surface area contributed by atoms with E-state index in [4.69, 9.17) is 5.11 Å². The van der Waals surface area contributed by atoms with Gasteiger partial charge in [0.2, 0.25) is 0 Å². The lowest BCUT2D eigenvalue weighted by Crippen LogP contribution is -2.36. The summed E-state index contributed by atoms with van der Waals surface area (Å²) in [6.07, 6.45) is 3.36. The summed E-state index contributed by atoms with van der Waals surface area (Å²) in [5, 5.41) is 8.79. The van der Waals surface area contributed by atoms with Gasteiger partial charge in [0.15, 0.2) is 0 Å². The maximum Gasteiger partial charge on any atom is 0.303 e. The van der Waals surface area contributed by atoms with Crippen LogP contribution in [0.4, 0.5) is 0 Å². The molecule has 1 aliphatic heterocycles. The van der Waals surface area contributed by atoms with E-state index in [1.54, 1.807) is 0 Å². The minimum absolute atomic E-state index is 0.274. The second-order valence-corrected chi connectivity index (χ2v) is 6.98. The number of hydrogen-bond acceptors (Lipinski definition) is 2. The Hall–Kier alpha value is -2.13. The lowest BCUT2D eigenvalue weighted by molar-refractivity contribution is -0.137. The summed E-state index contributed by atoms with van der Waals surface area (Å²) in [6, 6.07) is 21.7. The normalized spacial score (nSPS) is 16.2. The Kier molecular flexibility index (Phi) is 6.24. The van der Waals surface area contributed by atoms with Crippen molar-refractivity contribution in [3.63, 3.8) is 0 Å². The Bertz CT molecular complexity index is 609. The molecular weight excluding hydrogens is 310 g/mol. The van der Waals surface area contributed by atoms with Gasteiger partial charge in [-0.25, -0.2) is 0 Å². The molecule has 2 aromatic carbocycles. The highest BCUT2D eigenvalue weighted by molar-refractivity contribution is 5.66. The fourth-order valence-corrected chi connectivity index (χ4v) is 4.02. The van der Waals surface area contributed by atoms with Gasteiger partial charge in [-0.15, -0.1) is 0 Å². The summed E-state index contributed by atoms with van der Waals surface area (Å²) in [6.45, 7) is 3.04. The first-order valence-corrected chi connectivity index (χ1v) is 9.28. The average Bonchev–Trinajstić information content (AvgIpc) is 2.65. The van der Waals surface area contributed by atoms with E-state index in [0.717, 1.165) is 26.1 Å². The smallest absolute Gasteiger partial charge is 0.303 e. The van der Waals surface area contributed by atoms with E-state index >= 15 is 0 Å². The molecule has 1 N–H and O–H groups in total. The highest BCUT2D eigenvalue weighted by Gasteiger charge is 2.28. The minimum Gasteiger partial charge on any atom is -0.481 e. The number of piperidine rings is 1. The standard InChI is InChI=1S/C22H27NO2/c24-21(25)12-7-15-23-16-13-20(14-17-23)22(18-8-3-1-4-9-18)19-10-5-2-6-11-19/h1-6,8-11,20,22H,7,12-17H2,(H,24,25). The fourth-order valence-electron chi connectivity index (χ4n) is 4.02. The second-order valence-electron chi connectivity index (χ2n) is 6.98. The van der Waals surface area contributed by atoms with Crippen LogP contribution in [0.5, 0.6) is 0 Å². The first kappa shape index (κ1) is 17.7. The van der Waals surface area contributed by atoms with E-state index in [0.29, 0.717) is 11.8 Å². The molecule has 0 saturated carbocycles. The zero-order chi connectivity index (χ0) is 17.5. The van der Waals surface area contributed by atoms with E-state index in [1.165, 1.54) is 24.0 Å². The van der Waals surface area contributed by atoms with Crippen LogP contribution in [0, 0.1) is 5.92 Å². The highest BCUT2D eigenvalue weighted by atomic mass is 16.4. The van der Waals surface area contributed by atoms with Crippen molar-refractivity contribution in [2.45, 2.75) is 31.6 Å². The van der Waals surface area contributed by atoms with Crippen LogP contribution in [0.2, 0.25) is 0 Å². The topological polar surface area (TPSA) is 40.5 Å². The average molecular weight is 337 g/mol. The van der Waals surface area contributed by atoms with Gasteiger partial charge in [-0.1, -0.05) is 60.7 Å². The minimum atomic E-state index is -0.692. The van der Waals surface area contributed by atoms with Crippen molar-refractivity contribution >= 4 is 5.97 Å². The van der Waals surface area contributed by atoms with Gasteiger partial charge in [0.05, 0.1) is 0 Å². The van der Waals surface area contributed by atoms with Crippen LogP contribution in [0.25, 0.3) is 0 Å². The largest absolute Gasteiger partial charge is 0.481 e. The number of carboxylic acid groups (broad SMARTS) is 1. The molecular formula is C22H27NO2. The molecule has 0 amide bonds. The quantitative estimate of drug-likeness (QED) is 0.814. The molecule has 25 heavy (non-hydrogen) atoms. The van der Waals surface area contributed by atoms with E-state index in [2.05, 4.69) is 65.6 Å². The van der Waals surface area contributed by atoms with E-state index in [9.17, 15) is 4.79 Å². The summed E-state index contributed by atoms with van der Waals surface area (Å²) in [5.41, 5.74) is 2.80. The van der Waals surface area contributed by atoms with E-state index in [-0.39, 0.29) is 6.42 Å². The number of nitrogens with zero attached hydrogens (tertiary/aromatic N) is 1. The van der Waals surface area contributed by atoms with Crippen LogP contribution >= 0.6 is 0 Å². The molecule has 1 heterocycles. The molecule has 0 radical (unpaired) electrons. The third kappa shape index (κ3) is 4.93. The molecule has 0 atom stereocenters. The third-order valence-corrected chi connectivity index (χ3v) is 5.29. The van der Waals surface area contributed by atoms with E-state index in [1.807, 2.05) is 0 Å². The Balaban J connectivity index is 1.66. The number of carboxylic acids is 1. The number of aliphatic carboxylic acids is 1. The van der Waals surface area contributed by atoms with Crippen molar-refractivity contribution < 1.29 is 9.90 Å². The number of hydrogen-bond donors (Lipinski definition) is 1. The zero-order valence-corrected chi connectivity index (χ0v) is 14.7. The second kappa shape index (κ2) is 8.82. The van der Waals surface area contributed by atoms with Crippen molar-refractivity contribution in [3.8, 4) is 0 Å². The van der Waals surface area contributed by atoms with Crippen LogP contribution in [0.15, 0.2) is 60.7 Å². The summed E-state index contributed by atoms with van der Waals surface area (Å²) < 4.78 is 0. The molecule has 1 aliphatic rings. The first-order chi connectivity index (χ1) is 12.2. The van der Waals surface area contributed by atoms with Crippen molar-refractivity contribution in [1.29, 1.82) is 0 Å². The number of benzene rings is 2. The molecule has 2 aromatic rings. The zero-order valence-electron chi connectivity index (χ0n) is 14.7. The molecule has 1 fully saturated rings. The van der Waals surface area contributed by atoms with Gasteiger partial charge in [0.25, 0.3) is 0 Å². The molecule has 3 nitrogen and oxygen atoms in total. The number of likely N-dealkylation sites (tertiary alicyclic amines) is 1. The van der Waals surface area contributed by atoms with Gasteiger partial charge < -0.3 is 10.0 Å². The van der Waals surface area contributed by atoms with Crippen LogP contribution in [-0.4, -0.2) is 35.6 Å². The lowest BCUT2D eigenvalue weighted by Gasteiger charge is -2.36. The molecule has 0 bridgehead atoms. The van der Waals surface area contributed by atoms with Crippen LogP contribution < -0.4 is 0 Å². The molecule has 0 spiro atoms. The molecule has 132 valence electrons. The summed E-state index contributed by atoms with van der Waals surface area (Å²) in [4.78, 5) is 13.1. The molecule has 1 saturated heterocycles. The summed E-state index contributed by atoms with van der Waals surface area (Å²) >= 11 is 0. The molecule has 3 heteroatoms. The lowest BCUT2D eigenvalue weighted by atomic mass is 9.76. The summed E-state index contributed by atoms with van der Waals surface area (Å²) in [7, 11) is 0. The van der Waals surface area contributed by atoms with Crippen molar-refractivity contribution in [3.05, 3.63) is 71.8 Å².